The number of rotatable bonds is 3. The predicted octanol–water partition coefficient (Wildman–Crippen LogP) is 2.50. The fourth-order valence-corrected chi connectivity index (χ4v) is 2.23. The van der Waals surface area contributed by atoms with E-state index in [-0.39, 0.29) is 0 Å². The summed E-state index contributed by atoms with van der Waals surface area (Å²) in [6.45, 7) is 4.03. The molecule has 1 aliphatic rings. The molecule has 1 aromatic carbocycles. The van der Waals surface area contributed by atoms with E-state index in [2.05, 4.69) is 18.3 Å². The van der Waals surface area contributed by atoms with Crippen molar-refractivity contribution < 1.29 is 4.74 Å². The molecule has 3 nitrogen and oxygen atoms in total. The van der Waals surface area contributed by atoms with Crippen LogP contribution in [-0.2, 0) is 4.74 Å². The van der Waals surface area contributed by atoms with Crippen molar-refractivity contribution in [1.82, 2.24) is 0 Å². The molecule has 16 heavy (non-hydrogen) atoms. The molecule has 1 atom stereocenters. The summed E-state index contributed by atoms with van der Waals surface area (Å²) in [6.07, 6.45) is 2.30. The summed E-state index contributed by atoms with van der Waals surface area (Å²) in [7, 11) is 0. The second-order valence-electron chi connectivity index (χ2n) is 4.51. The zero-order chi connectivity index (χ0) is 11.4. The molecule has 1 fully saturated rings. The van der Waals surface area contributed by atoms with Gasteiger partial charge in [-0.1, -0.05) is 6.07 Å². The summed E-state index contributed by atoms with van der Waals surface area (Å²) in [5, 5.41) is 3.52. The van der Waals surface area contributed by atoms with E-state index in [0.717, 1.165) is 37.4 Å². The van der Waals surface area contributed by atoms with Crippen LogP contribution in [0.25, 0.3) is 0 Å². The molecule has 0 spiro atoms. The topological polar surface area (TPSA) is 47.3 Å². The molecule has 88 valence electrons. The Bertz CT molecular complexity index is 334. The molecule has 0 radical (unpaired) electrons. The Morgan fingerprint density at radius 1 is 1.38 bits per heavy atom. The molecule has 3 heteroatoms. The minimum absolute atomic E-state index is 0.478. The van der Waals surface area contributed by atoms with E-state index in [4.69, 9.17) is 10.5 Å². The van der Waals surface area contributed by atoms with Crippen molar-refractivity contribution >= 4 is 11.4 Å². The fraction of sp³-hybridized carbons (Fsp3) is 0.538. The van der Waals surface area contributed by atoms with Crippen LogP contribution in [0.1, 0.15) is 19.8 Å². The number of nitrogens with two attached hydrogens (primary N) is 1. The molecular formula is C13H20N2O. The van der Waals surface area contributed by atoms with Gasteiger partial charge in [-0.2, -0.15) is 0 Å². The van der Waals surface area contributed by atoms with Crippen LogP contribution >= 0.6 is 0 Å². The van der Waals surface area contributed by atoms with Gasteiger partial charge in [0.1, 0.15) is 0 Å². The second kappa shape index (κ2) is 5.21. The van der Waals surface area contributed by atoms with Gasteiger partial charge in [0.25, 0.3) is 0 Å². The average molecular weight is 220 g/mol. The molecule has 2 rings (SSSR count). The van der Waals surface area contributed by atoms with Crippen molar-refractivity contribution in [3.63, 3.8) is 0 Å². The van der Waals surface area contributed by atoms with Crippen molar-refractivity contribution in [2.45, 2.75) is 25.8 Å². The number of nitrogen functional groups attached to an aromatic ring is 1. The second-order valence-corrected chi connectivity index (χ2v) is 4.51. The van der Waals surface area contributed by atoms with Gasteiger partial charge in [0, 0.05) is 30.6 Å². The summed E-state index contributed by atoms with van der Waals surface area (Å²) in [5.41, 5.74) is 7.67. The van der Waals surface area contributed by atoms with Crippen molar-refractivity contribution in [3.05, 3.63) is 24.3 Å². The Hall–Kier alpha value is -1.22. The number of ether oxygens (including phenoxy) is 1. The third kappa shape index (κ3) is 2.89. The number of hydrogen-bond acceptors (Lipinski definition) is 3. The van der Waals surface area contributed by atoms with E-state index < -0.39 is 0 Å². The first-order valence-electron chi connectivity index (χ1n) is 5.95. The zero-order valence-electron chi connectivity index (χ0n) is 9.78. The Kier molecular flexibility index (Phi) is 3.67. The van der Waals surface area contributed by atoms with Crippen LogP contribution in [0.4, 0.5) is 11.4 Å². The minimum atomic E-state index is 0.478. The maximum absolute atomic E-state index is 5.75. The van der Waals surface area contributed by atoms with Crippen LogP contribution < -0.4 is 11.1 Å². The summed E-state index contributed by atoms with van der Waals surface area (Å²) in [6, 6.07) is 8.41. The van der Waals surface area contributed by atoms with Gasteiger partial charge in [-0.15, -0.1) is 0 Å². The molecule has 1 saturated heterocycles. The van der Waals surface area contributed by atoms with Crippen LogP contribution in [0.5, 0.6) is 0 Å². The molecule has 1 heterocycles. The van der Waals surface area contributed by atoms with E-state index >= 15 is 0 Å². The quantitative estimate of drug-likeness (QED) is 0.769. The predicted molar refractivity (Wildman–Crippen MR) is 67.5 cm³/mol. The molecule has 0 aliphatic carbocycles. The van der Waals surface area contributed by atoms with E-state index in [0.29, 0.717) is 12.0 Å². The smallest absolute Gasteiger partial charge is 0.0469 e. The first-order valence-corrected chi connectivity index (χ1v) is 5.95. The lowest BCUT2D eigenvalue weighted by molar-refractivity contribution is 0.0622. The van der Waals surface area contributed by atoms with Gasteiger partial charge < -0.3 is 15.8 Å². The highest BCUT2D eigenvalue weighted by atomic mass is 16.5. The first-order chi connectivity index (χ1) is 7.75. The summed E-state index contributed by atoms with van der Waals surface area (Å²) in [5.74, 6) is 0.704. The van der Waals surface area contributed by atoms with Crippen molar-refractivity contribution in [3.8, 4) is 0 Å². The number of nitrogens with one attached hydrogen (secondary N) is 1. The van der Waals surface area contributed by atoms with Crippen LogP contribution in [0, 0.1) is 5.92 Å². The Balaban J connectivity index is 1.93. The molecule has 1 aliphatic heterocycles. The Morgan fingerprint density at radius 3 is 2.81 bits per heavy atom. The maximum Gasteiger partial charge on any atom is 0.0469 e. The summed E-state index contributed by atoms with van der Waals surface area (Å²) < 4.78 is 5.37. The van der Waals surface area contributed by atoms with Crippen LogP contribution in [0.15, 0.2) is 24.3 Å². The summed E-state index contributed by atoms with van der Waals surface area (Å²) in [4.78, 5) is 0. The fourth-order valence-electron chi connectivity index (χ4n) is 2.23. The van der Waals surface area contributed by atoms with E-state index in [1.54, 1.807) is 0 Å². The number of anilines is 2. The van der Waals surface area contributed by atoms with Gasteiger partial charge >= 0.3 is 0 Å². The van der Waals surface area contributed by atoms with Crippen LogP contribution in [0.2, 0.25) is 0 Å². The highest BCUT2D eigenvalue weighted by molar-refractivity contribution is 5.54. The maximum atomic E-state index is 5.75. The lowest BCUT2D eigenvalue weighted by atomic mass is 9.93. The van der Waals surface area contributed by atoms with Crippen LogP contribution in [0.3, 0.4) is 0 Å². The van der Waals surface area contributed by atoms with Gasteiger partial charge in [-0.05, 0) is 43.9 Å². The standard InChI is InChI=1S/C13H20N2O/c1-10(11-5-7-16-8-6-11)15-13-4-2-3-12(14)9-13/h2-4,9-11,15H,5-8,14H2,1H3. The monoisotopic (exact) mass is 220 g/mol. The number of hydrogen-bond donors (Lipinski definition) is 2. The highest BCUT2D eigenvalue weighted by Crippen LogP contribution is 2.22. The molecule has 1 unspecified atom stereocenters. The largest absolute Gasteiger partial charge is 0.399 e. The zero-order valence-corrected chi connectivity index (χ0v) is 9.78. The molecule has 0 amide bonds. The Morgan fingerprint density at radius 2 is 2.12 bits per heavy atom. The number of benzene rings is 1. The van der Waals surface area contributed by atoms with Gasteiger partial charge in [-0.3, -0.25) is 0 Å². The van der Waals surface area contributed by atoms with Gasteiger partial charge in [0.05, 0.1) is 0 Å². The van der Waals surface area contributed by atoms with Gasteiger partial charge in [-0.25, -0.2) is 0 Å². The molecular weight excluding hydrogens is 200 g/mol. The highest BCUT2D eigenvalue weighted by Gasteiger charge is 2.20. The van der Waals surface area contributed by atoms with Gasteiger partial charge in [0.15, 0.2) is 0 Å². The molecule has 1 aromatic rings. The molecule has 0 bridgehead atoms. The SMILES string of the molecule is CC(Nc1cccc(N)c1)C1CCOCC1. The normalized spacial score (nSPS) is 19.3. The lowest BCUT2D eigenvalue weighted by Crippen LogP contribution is -2.30. The van der Waals surface area contributed by atoms with Crippen molar-refractivity contribution in [1.29, 1.82) is 0 Å². The minimum Gasteiger partial charge on any atom is -0.399 e. The van der Waals surface area contributed by atoms with E-state index in [9.17, 15) is 0 Å². The Labute approximate surface area is 97.0 Å². The van der Waals surface area contributed by atoms with Crippen LogP contribution in [-0.4, -0.2) is 19.3 Å². The molecule has 3 N–H and O–H groups in total. The van der Waals surface area contributed by atoms with E-state index in [1.165, 1.54) is 0 Å². The molecule has 0 saturated carbocycles. The molecule has 0 aromatic heterocycles. The van der Waals surface area contributed by atoms with Crippen molar-refractivity contribution in [2.24, 2.45) is 5.92 Å². The van der Waals surface area contributed by atoms with E-state index in [1.807, 2.05) is 18.2 Å². The average Bonchev–Trinajstić information content (AvgIpc) is 2.30. The third-order valence-electron chi connectivity index (χ3n) is 3.25. The summed E-state index contributed by atoms with van der Waals surface area (Å²) >= 11 is 0. The van der Waals surface area contributed by atoms with Crippen molar-refractivity contribution in [2.75, 3.05) is 24.3 Å². The first kappa shape index (κ1) is 11.3. The third-order valence-corrected chi connectivity index (χ3v) is 3.25. The lowest BCUT2D eigenvalue weighted by Gasteiger charge is -2.29. The van der Waals surface area contributed by atoms with Gasteiger partial charge in [0.2, 0.25) is 0 Å².